The fraction of sp³-hybridized carbons (Fsp3) is 0.167. The zero-order valence-electron chi connectivity index (χ0n) is 10.5. The van der Waals surface area contributed by atoms with Crippen molar-refractivity contribution in [2.75, 3.05) is 11.9 Å². The van der Waals surface area contributed by atoms with Crippen LogP contribution in [0.5, 0.6) is 11.6 Å². The van der Waals surface area contributed by atoms with Crippen LogP contribution < -0.4 is 10.1 Å². The Balaban J connectivity index is 2.30. The van der Waals surface area contributed by atoms with Crippen molar-refractivity contribution in [2.24, 2.45) is 0 Å². The van der Waals surface area contributed by atoms with E-state index in [0.29, 0.717) is 12.4 Å². The monoisotopic (exact) mass is 294 g/mol. The molecule has 0 aliphatic rings. The molecule has 0 aliphatic carbocycles. The molecule has 0 aliphatic heterocycles. The largest absolute Gasteiger partial charge is 0.430 e. The first kappa shape index (κ1) is 14.0. The molecule has 1 aromatic heterocycles. The Hall–Kier alpha value is -2.41. The molecular weight excluding hydrogens is 284 g/mol. The van der Waals surface area contributed by atoms with E-state index in [1.807, 2.05) is 6.92 Å². The molecule has 20 heavy (non-hydrogen) atoms. The average Bonchev–Trinajstić information content (AvgIpc) is 2.41. The van der Waals surface area contributed by atoms with E-state index in [1.54, 1.807) is 0 Å². The fourth-order valence-corrected chi connectivity index (χ4v) is 1.66. The van der Waals surface area contributed by atoms with Crippen LogP contribution in [0.3, 0.4) is 0 Å². The third-order valence-electron chi connectivity index (χ3n) is 2.30. The smallest absolute Gasteiger partial charge is 0.313 e. The van der Waals surface area contributed by atoms with Crippen LogP contribution in [0.1, 0.15) is 6.92 Å². The number of nitro benzene ring substituents is 1. The zero-order valence-corrected chi connectivity index (χ0v) is 11.3. The molecule has 2 aromatic rings. The van der Waals surface area contributed by atoms with E-state index in [4.69, 9.17) is 16.3 Å². The Kier molecular flexibility index (Phi) is 4.31. The van der Waals surface area contributed by atoms with Crippen molar-refractivity contribution in [3.8, 4) is 11.6 Å². The molecule has 1 aromatic carbocycles. The number of aromatic nitrogens is 2. The van der Waals surface area contributed by atoms with Crippen LogP contribution >= 0.6 is 11.6 Å². The van der Waals surface area contributed by atoms with Crippen molar-refractivity contribution in [3.63, 3.8) is 0 Å². The van der Waals surface area contributed by atoms with Gasteiger partial charge in [0.1, 0.15) is 5.82 Å². The Labute approximate surface area is 119 Å². The SMILES string of the molecule is CCNc1cncc(Oc2ccc(Cl)cc2[N+](=O)[O-])n1. The second-order valence-corrected chi connectivity index (χ2v) is 4.18. The summed E-state index contributed by atoms with van der Waals surface area (Å²) >= 11 is 5.73. The van der Waals surface area contributed by atoms with E-state index in [1.165, 1.54) is 30.6 Å². The molecule has 0 saturated heterocycles. The van der Waals surface area contributed by atoms with Crippen molar-refractivity contribution in [1.29, 1.82) is 0 Å². The highest BCUT2D eigenvalue weighted by Gasteiger charge is 2.17. The van der Waals surface area contributed by atoms with E-state index in [2.05, 4.69) is 15.3 Å². The van der Waals surface area contributed by atoms with Gasteiger partial charge in [0, 0.05) is 17.6 Å². The summed E-state index contributed by atoms with van der Waals surface area (Å²) in [6.45, 7) is 2.60. The molecule has 7 nitrogen and oxygen atoms in total. The van der Waals surface area contributed by atoms with Gasteiger partial charge in [-0.25, -0.2) is 0 Å². The highest BCUT2D eigenvalue weighted by Crippen LogP contribution is 2.32. The van der Waals surface area contributed by atoms with Crippen LogP contribution in [-0.2, 0) is 0 Å². The van der Waals surface area contributed by atoms with E-state index in [0.717, 1.165) is 0 Å². The molecular formula is C12H11ClN4O3. The number of nitrogens with one attached hydrogen (secondary N) is 1. The summed E-state index contributed by atoms with van der Waals surface area (Å²) in [4.78, 5) is 18.5. The van der Waals surface area contributed by atoms with Gasteiger partial charge in [-0.2, -0.15) is 4.98 Å². The predicted molar refractivity (Wildman–Crippen MR) is 74.4 cm³/mol. The summed E-state index contributed by atoms with van der Waals surface area (Å²) in [5, 5.41) is 14.2. The van der Waals surface area contributed by atoms with Gasteiger partial charge < -0.3 is 10.1 Å². The van der Waals surface area contributed by atoms with Crippen molar-refractivity contribution < 1.29 is 9.66 Å². The summed E-state index contributed by atoms with van der Waals surface area (Å²) in [6, 6.07) is 4.14. The number of hydrogen-bond donors (Lipinski definition) is 1. The van der Waals surface area contributed by atoms with Crippen molar-refractivity contribution in [1.82, 2.24) is 9.97 Å². The topological polar surface area (TPSA) is 90.2 Å². The number of nitro groups is 1. The van der Waals surface area contributed by atoms with Gasteiger partial charge in [0.25, 0.3) is 0 Å². The normalized spacial score (nSPS) is 10.1. The summed E-state index contributed by atoms with van der Waals surface area (Å²) < 4.78 is 5.40. The standard InChI is InChI=1S/C12H11ClN4O3/c1-2-15-11-6-14-7-12(16-11)20-10-4-3-8(13)5-9(10)17(18)19/h3-7H,2H2,1H3,(H,15,16). The molecule has 8 heteroatoms. The van der Waals surface area contributed by atoms with Gasteiger partial charge in [0.15, 0.2) is 0 Å². The van der Waals surface area contributed by atoms with Crippen molar-refractivity contribution >= 4 is 23.1 Å². The molecule has 0 saturated carbocycles. The second kappa shape index (κ2) is 6.16. The molecule has 0 unspecified atom stereocenters. The molecule has 0 amide bonds. The van der Waals surface area contributed by atoms with Gasteiger partial charge in [-0.3, -0.25) is 15.1 Å². The quantitative estimate of drug-likeness (QED) is 0.672. The van der Waals surface area contributed by atoms with Crippen LogP contribution in [0.15, 0.2) is 30.6 Å². The molecule has 1 N–H and O–H groups in total. The van der Waals surface area contributed by atoms with Gasteiger partial charge in [-0.15, -0.1) is 0 Å². The van der Waals surface area contributed by atoms with Crippen molar-refractivity contribution in [3.05, 3.63) is 45.7 Å². The van der Waals surface area contributed by atoms with Gasteiger partial charge in [-0.1, -0.05) is 11.6 Å². The summed E-state index contributed by atoms with van der Waals surface area (Å²) in [6.07, 6.45) is 2.91. The molecule has 2 rings (SSSR count). The van der Waals surface area contributed by atoms with Crippen LogP contribution in [0, 0.1) is 10.1 Å². The summed E-state index contributed by atoms with van der Waals surface area (Å²) in [5.41, 5.74) is -0.229. The lowest BCUT2D eigenvalue weighted by Gasteiger charge is -2.07. The molecule has 104 valence electrons. The average molecular weight is 295 g/mol. The number of rotatable bonds is 5. The number of anilines is 1. The van der Waals surface area contributed by atoms with Crippen LogP contribution in [-0.4, -0.2) is 21.4 Å². The van der Waals surface area contributed by atoms with E-state index in [-0.39, 0.29) is 22.3 Å². The highest BCUT2D eigenvalue weighted by atomic mass is 35.5. The van der Waals surface area contributed by atoms with Gasteiger partial charge in [-0.05, 0) is 19.1 Å². The molecule has 0 bridgehead atoms. The van der Waals surface area contributed by atoms with Gasteiger partial charge in [0.2, 0.25) is 11.6 Å². The Morgan fingerprint density at radius 1 is 1.45 bits per heavy atom. The minimum Gasteiger partial charge on any atom is -0.430 e. The number of halogens is 1. The Morgan fingerprint density at radius 2 is 2.25 bits per heavy atom. The van der Waals surface area contributed by atoms with Crippen LogP contribution in [0.25, 0.3) is 0 Å². The minimum atomic E-state index is -0.567. The number of benzene rings is 1. The maximum Gasteiger partial charge on any atom is 0.313 e. The molecule has 0 spiro atoms. The fourth-order valence-electron chi connectivity index (χ4n) is 1.50. The van der Waals surface area contributed by atoms with E-state index in [9.17, 15) is 10.1 Å². The summed E-state index contributed by atoms with van der Waals surface area (Å²) in [5.74, 6) is 0.748. The molecule has 0 radical (unpaired) electrons. The predicted octanol–water partition coefficient (Wildman–Crippen LogP) is 3.26. The lowest BCUT2D eigenvalue weighted by Crippen LogP contribution is -2.01. The maximum absolute atomic E-state index is 11.0. The number of hydrogen-bond acceptors (Lipinski definition) is 6. The van der Waals surface area contributed by atoms with Crippen molar-refractivity contribution in [2.45, 2.75) is 6.92 Å². The summed E-state index contributed by atoms with van der Waals surface area (Å²) in [7, 11) is 0. The Morgan fingerprint density at radius 3 is 2.95 bits per heavy atom. The first-order valence-corrected chi connectivity index (χ1v) is 6.15. The van der Waals surface area contributed by atoms with Crippen LogP contribution in [0.2, 0.25) is 5.02 Å². The van der Waals surface area contributed by atoms with Gasteiger partial charge >= 0.3 is 5.69 Å². The number of nitrogens with zero attached hydrogens (tertiary/aromatic N) is 3. The number of ether oxygens (including phenoxy) is 1. The maximum atomic E-state index is 11.0. The molecule has 1 heterocycles. The highest BCUT2D eigenvalue weighted by molar-refractivity contribution is 6.30. The zero-order chi connectivity index (χ0) is 14.5. The minimum absolute atomic E-state index is 0.0577. The lowest BCUT2D eigenvalue weighted by atomic mass is 10.3. The second-order valence-electron chi connectivity index (χ2n) is 3.74. The molecule has 0 atom stereocenters. The van der Waals surface area contributed by atoms with E-state index >= 15 is 0 Å². The molecule has 0 fully saturated rings. The van der Waals surface area contributed by atoms with E-state index < -0.39 is 4.92 Å². The first-order chi connectivity index (χ1) is 9.60. The van der Waals surface area contributed by atoms with Gasteiger partial charge in [0.05, 0.1) is 17.3 Å². The first-order valence-electron chi connectivity index (χ1n) is 5.78. The third-order valence-corrected chi connectivity index (χ3v) is 2.54. The Bertz CT molecular complexity index is 636. The lowest BCUT2D eigenvalue weighted by molar-refractivity contribution is -0.385. The van der Waals surface area contributed by atoms with Crippen LogP contribution in [0.4, 0.5) is 11.5 Å². The third kappa shape index (κ3) is 3.33.